The zero-order valence-electron chi connectivity index (χ0n) is 16.9. The van der Waals surface area contributed by atoms with Crippen molar-refractivity contribution in [3.8, 4) is 11.5 Å². The van der Waals surface area contributed by atoms with Gasteiger partial charge in [0.15, 0.2) is 0 Å². The molecule has 0 aliphatic heterocycles. The smallest absolute Gasteiger partial charge is 0.314 e. The second-order valence-corrected chi connectivity index (χ2v) is 7.68. The Morgan fingerprint density at radius 2 is 1.44 bits per heavy atom. The highest BCUT2D eigenvalue weighted by Crippen LogP contribution is 2.33. The minimum absolute atomic E-state index is 0.0129. The summed E-state index contributed by atoms with van der Waals surface area (Å²) in [5.41, 5.74) is 0. The lowest BCUT2D eigenvalue weighted by Gasteiger charge is -2.27. The van der Waals surface area contributed by atoms with Crippen molar-refractivity contribution >= 4 is 11.9 Å². The predicted molar refractivity (Wildman–Crippen MR) is 107 cm³/mol. The molecule has 1 aromatic carbocycles. The van der Waals surface area contributed by atoms with Crippen LogP contribution in [0.5, 0.6) is 11.5 Å². The molecule has 0 aromatic heterocycles. The lowest BCUT2D eigenvalue weighted by Crippen LogP contribution is -2.25. The fourth-order valence-electron chi connectivity index (χ4n) is 3.65. The number of ether oxygens (including phenoxy) is 2. The van der Waals surface area contributed by atoms with Crippen LogP contribution in [0.4, 0.5) is 0 Å². The Morgan fingerprint density at radius 1 is 0.852 bits per heavy atom. The lowest BCUT2D eigenvalue weighted by molar-refractivity contribution is -0.140. The molecule has 0 atom stereocenters. The molecule has 0 unspecified atom stereocenters. The minimum Gasteiger partial charge on any atom is -0.427 e. The third-order valence-electron chi connectivity index (χ3n) is 5.40. The molecular weight excluding hydrogens is 340 g/mol. The summed E-state index contributed by atoms with van der Waals surface area (Å²) < 4.78 is 10.8. The highest BCUT2D eigenvalue weighted by molar-refractivity contribution is 5.75. The minimum atomic E-state index is -0.225. The van der Waals surface area contributed by atoms with E-state index in [9.17, 15) is 9.59 Å². The van der Waals surface area contributed by atoms with E-state index in [2.05, 4.69) is 6.92 Å². The first-order valence-electron chi connectivity index (χ1n) is 10.6. The van der Waals surface area contributed by atoms with Gasteiger partial charge >= 0.3 is 11.9 Å². The van der Waals surface area contributed by atoms with Gasteiger partial charge in [-0.05, 0) is 62.3 Å². The Bertz CT molecular complexity index is 571. The summed E-state index contributed by atoms with van der Waals surface area (Å²) in [7, 11) is 0. The molecular formula is C23H34O4. The summed E-state index contributed by atoms with van der Waals surface area (Å²) in [6.07, 6.45) is 11.5. The maximum Gasteiger partial charge on any atom is 0.314 e. The van der Waals surface area contributed by atoms with Crippen molar-refractivity contribution in [3.05, 3.63) is 24.3 Å². The molecule has 0 radical (unpaired) electrons. The molecule has 1 fully saturated rings. The number of rotatable bonds is 10. The second kappa shape index (κ2) is 11.8. The van der Waals surface area contributed by atoms with E-state index in [1.54, 1.807) is 24.3 Å². The molecule has 0 bridgehead atoms. The molecule has 2 rings (SSSR count). The number of benzene rings is 1. The van der Waals surface area contributed by atoms with Crippen molar-refractivity contribution in [3.63, 3.8) is 0 Å². The van der Waals surface area contributed by atoms with Crippen LogP contribution < -0.4 is 9.47 Å². The molecule has 27 heavy (non-hydrogen) atoms. The van der Waals surface area contributed by atoms with Crippen LogP contribution in [-0.2, 0) is 9.59 Å². The number of unbranched alkanes of at least 4 members (excludes halogenated alkanes) is 3. The van der Waals surface area contributed by atoms with Crippen LogP contribution in [0.1, 0.15) is 84.5 Å². The molecule has 1 aromatic rings. The fourth-order valence-corrected chi connectivity index (χ4v) is 3.65. The van der Waals surface area contributed by atoms with Crippen LogP contribution in [0, 0.1) is 11.8 Å². The van der Waals surface area contributed by atoms with Crippen molar-refractivity contribution in [2.24, 2.45) is 11.8 Å². The van der Waals surface area contributed by atoms with E-state index >= 15 is 0 Å². The van der Waals surface area contributed by atoms with Gasteiger partial charge in [-0.15, -0.1) is 0 Å². The number of hydrogen-bond donors (Lipinski definition) is 0. The van der Waals surface area contributed by atoms with E-state index in [4.69, 9.17) is 9.47 Å². The summed E-state index contributed by atoms with van der Waals surface area (Å²) in [6.45, 7) is 4.27. The SMILES string of the molecule is CCCCCC1CCC(C(=O)Oc2ccc(OC(=O)CCCC)cc2)CC1. The van der Waals surface area contributed by atoms with Gasteiger partial charge in [-0.1, -0.05) is 46.0 Å². The topological polar surface area (TPSA) is 52.6 Å². The van der Waals surface area contributed by atoms with E-state index in [1.807, 2.05) is 6.92 Å². The van der Waals surface area contributed by atoms with Crippen molar-refractivity contribution in [1.29, 1.82) is 0 Å². The van der Waals surface area contributed by atoms with Gasteiger partial charge in [0.2, 0.25) is 0 Å². The summed E-state index contributed by atoms with van der Waals surface area (Å²) in [5.74, 6) is 1.44. The van der Waals surface area contributed by atoms with Crippen LogP contribution in [0.25, 0.3) is 0 Å². The monoisotopic (exact) mass is 374 g/mol. The predicted octanol–water partition coefficient (Wildman–Crippen LogP) is 6.07. The zero-order chi connectivity index (χ0) is 19.5. The average molecular weight is 375 g/mol. The fraction of sp³-hybridized carbons (Fsp3) is 0.652. The Kier molecular flexibility index (Phi) is 9.37. The average Bonchev–Trinajstić information content (AvgIpc) is 2.68. The van der Waals surface area contributed by atoms with E-state index in [0.29, 0.717) is 17.9 Å². The Morgan fingerprint density at radius 3 is 2.04 bits per heavy atom. The molecule has 4 nitrogen and oxygen atoms in total. The van der Waals surface area contributed by atoms with Crippen LogP contribution in [0.15, 0.2) is 24.3 Å². The number of hydrogen-bond acceptors (Lipinski definition) is 4. The molecule has 1 saturated carbocycles. The molecule has 0 spiro atoms. The molecule has 0 amide bonds. The summed E-state index contributed by atoms with van der Waals surface area (Å²) >= 11 is 0. The number of esters is 2. The van der Waals surface area contributed by atoms with E-state index in [-0.39, 0.29) is 17.9 Å². The van der Waals surface area contributed by atoms with Gasteiger partial charge in [0, 0.05) is 6.42 Å². The van der Waals surface area contributed by atoms with Gasteiger partial charge in [0.05, 0.1) is 5.92 Å². The van der Waals surface area contributed by atoms with Gasteiger partial charge in [0.25, 0.3) is 0 Å². The summed E-state index contributed by atoms with van der Waals surface area (Å²) in [5, 5.41) is 0. The number of carbonyl (C=O) groups is 2. The zero-order valence-corrected chi connectivity index (χ0v) is 16.9. The van der Waals surface area contributed by atoms with Gasteiger partial charge in [0.1, 0.15) is 11.5 Å². The van der Waals surface area contributed by atoms with Crippen molar-refractivity contribution in [2.75, 3.05) is 0 Å². The number of carbonyl (C=O) groups excluding carboxylic acids is 2. The van der Waals surface area contributed by atoms with E-state index in [1.165, 1.54) is 25.7 Å². The molecule has 1 aliphatic rings. The molecule has 150 valence electrons. The standard InChI is InChI=1S/C23H34O4/c1-3-5-7-8-18-10-12-19(13-11-18)23(25)27-21-16-14-20(15-17-21)26-22(24)9-6-4-2/h14-19H,3-13H2,1-2H3. The van der Waals surface area contributed by atoms with Crippen LogP contribution in [0.3, 0.4) is 0 Å². The maximum atomic E-state index is 12.4. The first-order chi connectivity index (χ1) is 13.1. The van der Waals surface area contributed by atoms with E-state index in [0.717, 1.165) is 44.4 Å². The molecule has 0 saturated heterocycles. The maximum absolute atomic E-state index is 12.4. The van der Waals surface area contributed by atoms with Gasteiger partial charge in [-0.3, -0.25) is 9.59 Å². The first-order valence-corrected chi connectivity index (χ1v) is 10.6. The lowest BCUT2D eigenvalue weighted by atomic mass is 9.80. The largest absolute Gasteiger partial charge is 0.427 e. The Balaban J connectivity index is 1.73. The Labute approximate surface area is 163 Å². The highest BCUT2D eigenvalue weighted by atomic mass is 16.5. The highest BCUT2D eigenvalue weighted by Gasteiger charge is 2.27. The molecule has 4 heteroatoms. The van der Waals surface area contributed by atoms with Crippen molar-refractivity contribution in [2.45, 2.75) is 84.5 Å². The van der Waals surface area contributed by atoms with Gasteiger partial charge in [-0.2, -0.15) is 0 Å². The third kappa shape index (κ3) is 7.74. The van der Waals surface area contributed by atoms with Crippen LogP contribution >= 0.6 is 0 Å². The van der Waals surface area contributed by atoms with Gasteiger partial charge in [-0.25, -0.2) is 0 Å². The van der Waals surface area contributed by atoms with Crippen molar-refractivity contribution < 1.29 is 19.1 Å². The normalized spacial score (nSPS) is 19.5. The Hall–Kier alpha value is -1.84. The quantitative estimate of drug-likeness (QED) is 0.283. The summed E-state index contributed by atoms with van der Waals surface area (Å²) in [6, 6.07) is 6.74. The summed E-state index contributed by atoms with van der Waals surface area (Å²) in [4.78, 5) is 24.1. The van der Waals surface area contributed by atoms with Crippen molar-refractivity contribution in [1.82, 2.24) is 0 Å². The van der Waals surface area contributed by atoms with E-state index < -0.39 is 0 Å². The van der Waals surface area contributed by atoms with Crippen LogP contribution in [-0.4, -0.2) is 11.9 Å². The third-order valence-corrected chi connectivity index (χ3v) is 5.40. The molecule has 1 aliphatic carbocycles. The molecule has 0 N–H and O–H groups in total. The molecule has 0 heterocycles. The van der Waals surface area contributed by atoms with Gasteiger partial charge < -0.3 is 9.47 Å². The first kappa shape index (κ1) is 21.5. The van der Waals surface area contributed by atoms with Crippen LogP contribution in [0.2, 0.25) is 0 Å². The second-order valence-electron chi connectivity index (χ2n) is 7.68.